The van der Waals surface area contributed by atoms with Crippen molar-refractivity contribution in [1.82, 2.24) is 5.32 Å². The molecule has 0 radical (unpaired) electrons. The van der Waals surface area contributed by atoms with E-state index in [0.717, 1.165) is 4.90 Å². The highest BCUT2D eigenvalue weighted by Gasteiger charge is 2.34. The maximum absolute atomic E-state index is 13.8. The second-order valence-corrected chi connectivity index (χ2v) is 8.93. The Labute approximate surface area is 218 Å². The molecule has 2 amide bonds. The van der Waals surface area contributed by atoms with E-state index in [1.807, 2.05) is 22.6 Å². The van der Waals surface area contributed by atoms with Gasteiger partial charge in [0.2, 0.25) is 0 Å². The number of amides is 2. The molecule has 176 valence electrons. The molecule has 0 unspecified atom stereocenters. The number of carbonyl (C=O) groups excluding carboxylic acids is 2. The van der Waals surface area contributed by atoms with E-state index in [1.54, 1.807) is 36.4 Å². The fraction of sp³-hybridized carbons (Fsp3) is 0.0400. The van der Waals surface area contributed by atoms with Crippen molar-refractivity contribution < 1.29 is 28.6 Å². The van der Waals surface area contributed by atoms with Crippen molar-refractivity contribution in [3.8, 4) is 5.75 Å². The molecule has 2 N–H and O–H groups in total. The van der Waals surface area contributed by atoms with Crippen molar-refractivity contribution in [3.63, 3.8) is 0 Å². The van der Waals surface area contributed by atoms with Crippen LogP contribution in [0, 0.1) is 9.39 Å². The van der Waals surface area contributed by atoms with Gasteiger partial charge < -0.3 is 9.84 Å². The number of rotatable bonds is 6. The van der Waals surface area contributed by atoms with Crippen molar-refractivity contribution in [2.24, 2.45) is 0 Å². The Kier molecular flexibility index (Phi) is 7.22. The summed E-state index contributed by atoms with van der Waals surface area (Å²) in [6.07, 6.45) is 1.41. The molecule has 1 heterocycles. The minimum absolute atomic E-state index is 0.0268. The molecule has 7 nitrogen and oxygen atoms in total. The molecule has 0 aromatic heterocycles. The summed E-state index contributed by atoms with van der Waals surface area (Å²) in [6.45, 7) is 0.0474. The van der Waals surface area contributed by atoms with Crippen LogP contribution in [0.25, 0.3) is 6.08 Å². The zero-order valence-electron chi connectivity index (χ0n) is 17.8. The van der Waals surface area contributed by atoms with Crippen molar-refractivity contribution in [2.45, 2.75) is 6.61 Å². The summed E-state index contributed by atoms with van der Waals surface area (Å²) in [4.78, 5) is 38.1. The summed E-state index contributed by atoms with van der Waals surface area (Å²) in [5.41, 5.74) is 0.994. The van der Waals surface area contributed by atoms with Crippen LogP contribution in [0.15, 0.2) is 72.3 Å². The number of nitrogens with one attached hydrogen (secondary N) is 1. The van der Waals surface area contributed by atoms with Gasteiger partial charge in [-0.05, 0) is 82.8 Å². The van der Waals surface area contributed by atoms with Crippen LogP contribution in [-0.4, -0.2) is 28.0 Å². The normalized spacial score (nSPS) is 14.7. The van der Waals surface area contributed by atoms with E-state index in [-0.39, 0.29) is 34.4 Å². The zero-order chi connectivity index (χ0) is 25.1. The number of ether oxygens (including phenoxy) is 1. The molecule has 1 fully saturated rings. The number of anilines is 1. The Bertz CT molecular complexity index is 1410. The Hall–Kier alpha value is -3.64. The lowest BCUT2D eigenvalue weighted by molar-refractivity contribution is -0.122. The smallest absolute Gasteiger partial charge is 0.335 e. The largest absolute Gasteiger partial charge is 0.488 e. The van der Waals surface area contributed by atoms with E-state index in [4.69, 9.17) is 17.0 Å². The topological polar surface area (TPSA) is 95.9 Å². The highest BCUT2D eigenvalue weighted by molar-refractivity contribution is 14.1. The molecule has 0 aliphatic carbocycles. The van der Waals surface area contributed by atoms with Crippen LogP contribution in [0.2, 0.25) is 0 Å². The summed E-state index contributed by atoms with van der Waals surface area (Å²) in [5.74, 6) is -2.35. The third-order valence-corrected chi connectivity index (χ3v) is 6.19. The first-order chi connectivity index (χ1) is 16.7. The third-order valence-electron chi connectivity index (χ3n) is 5.06. The summed E-state index contributed by atoms with van der Waals surface area (Å²) in [5, 5.41) is 11.6. The number of hydrogen-bond donors (Lipinski definition) is 2. The first-order valence-corrected chi connectivity index (χ1v) is 11.6. The fourth-order valence-electron chi connectivity index (χ4n) is 3.33. The quantitative estimate of drug-likeness (QED) is 0.186. The Morgan fingerprint density at radius 2 is 1.89 bits per heavy atom. The van der Waals surface area contributed by atoms with E-state index in [0.29, 0.717) is 20.4 Å². The molecule has 10 heteroatoms. The molecule has 35 heavy (non-hydrogen) atoms. The van der Waals surface area contributed by atoms with Gasteiger partial charge in [0.05, 0.1) is 14.8 Å². The number of carbonyl (C=O) groups is 3. The highest BCUT2D eigenvalue weighted by Crippen LogP contribution is 2.27. The Balaban J connectivity index is 1.58. The van der Waals surface area contributed by atoms with Gasteiger partial charge in [0, 0.05) is 5.56 Å². The lowest BCUT2D eigenvalue weighted by atomic mass is 10.1. The van der Waals surface area contributed by atoms with E-state index in [2.05, 4.69) is 5.32 Å². The SMILES string of the molecule is O=C1NC(=S)N(c2cccc(C(=O)O)c2)C(=O)C1=Cc1ccc(OCc2ccccc2F)c(I)c1. The van der Waals surface area contributed by atoms with E-state index in [1.165, 1.54) is 36.4 Å². The first kappa shape index (κ1) is 24.5. The highest BCUT2D eigenvalue weighted by atomic mass is 127. The molecular formula is C25H16FIN2O5S. The van der Waals surface area contributed by atoms with E-state index in [9.17, 15) is 23.9 Å². The second-order valence-electron chi connectivity index (χ2n) is 7.38. The maximum atomic E-state index is 13.8. The van der Waals surface area contributed by atoms with E-state index >= 15 is 0 Å². The molecule has 4 rings (SSSR count). The summed E-state index contributed by atoms with van der Waals surface area (Å²) >= 11 is 7.21. The van der Waals surface area contributed by atoms with Gasteiger partial charge in [-0.1, -0.05) is 30.3 Å². The number of benzene rings is 3. The molecule has 1 aliphatic heterocycles. The standard InChI is InChI=1S/C25H16FIN2O5S/c26-19-7-2-1-4-16(19)13-34-21-9-8-14(11-20(21)27)10-18-22(30)28-25(35)29(23(18)31)17-6-3-5-15(12-17)24(32)33/h1-12H,13H2,(H,32,33)(H,28,30,35). The minimum Gasteiger partial charge on any atom is -0.488 e. The van der Waals surface area contributed by atoms with Gasteiger partial charge in [0.25, 0.3) is 11.8 Å². The zero-order valence-corrected chi connectivity index (χ0v) is 20.8. The molecule has 1 saturated heterocycles. The monoisotopic (exact) mass is 602 g/mol. The van der Waals surface area contributed by atoms with Gasteiger partial charge in [-0.15, -0.1) is 0 Å². The molecule has 3 aromatic carbocycles. The van der Waals surface area contributed by atoms with Crippen molar-refractivity contribution >= 4 is 69.5 Å². The number of carboxylic acid groups (broad SMARTS) is 1. The predicted molar refractivity (Wildman–Crippen MR) is 139 cm³/mol. The van der Waals surface area contributed by atoms with Crippen LogP contribution < -0.4 is 15.0 Å². The third kappa shape index (κ3) is 5.38. The molecule has 0 saturated carbocycles. The number of thiocarbonyl (C=S) groups is 1. The van der Waals surface area contributed by atoms with Crippen LogP contribution in [0.5, 0.6) is 5.75 Å². The number of nitrogens with zero attached hydrogens (tertiary/aromatic N) is 1. The molecule has 0 spiro atoms. The van der Waals surface area contributed by atoms with Gasteiger partial charge in [0.15, 0.2) is 5.11 Å². The molecule has 1 aliphatic rings. The Morgan fingerprint density at radius 1 is 1.11 bits per heavy atom. The first-order valence-electron chi connectivity index (χ1n) is 10.1. The number of carboxylic acids is 1. The fourth-order valence-corrected chi connectivity index (χ4v) is 4.31. The van der Waals surface area contributed by atoms with Gasteiger partial charge in [-0.3, -0.25) is 19.8 Å². The second kappa shape index (κ2) is 10.3. The average molecular weight is 602 g/mol. The number of halogens is 2. The number of aromatic carboxylic acids is 1. The predicted octanol–water partition coefficient (Wildman–Crippen LogP) is 4.54. The molecular weight excluding hydrogens is 586 g/mol. The van der Waals surface area contributed by atoms with Crippen LogP contribution in [0.4, 0.5) is 10.1 Å². The van der Waals surface area contributed by atoms with Crippen molar-refractivity contribution in [3.05, 3.63) is 98.4 Å². The van der Waals surface area contributed by atoms with Crippen LogP contribution >= 0.6 is 34.8 Å². The van der Waals surface area contributed by atoms with Crippen molar-refractivity contribution in [1.29, 1.82) is 0 Å². The van der Waals surface area contributed by atoms with Gasteiger partial charge >= 0.3 is 5.97 Å². The van der Waals surface area contributed by atoms with E-state index < -0.39 is 17.8 Å². The van der Waals surface area contributed by atoms with Gasteiger partial charge in [-0.2, -0.15) is 0 Å². The summed E-state index contributed by atoms with van der Waals surface area (Å²) < 4.78 is 20.2. The molecule has 0 atom stereocenters. The molecule has 0 bridgehead atoms. The average Bonchev–Trinajstić information content (AvgIpc) is 2.82. The van der Waals surface area contributed by atoms with Crippen LogP contribution in [0.3, 0.4) is 0 Å². The lowest BCUT2D eigenvalue weighted by Gasteiger charge is -2.29. The summed E-state index contributed by atoms with van der Waals surface area (Å²) in [6, 6.07) is 17.1. The maximum Gasteiger partial charge on any atom is 0.335 e. The summed E-state index contributed by atoms with van der Waals surface area (Å²) in [7, 11) is 0. The number of hydrogen-bond acceptors (Lipinski definition) is 5. The lowest BCUT2D eigenvalue weighted by Crippen LogP contribution is -2.54. The molecule has 3 aromatic rings. The minimum atomic E-state index is -1.16. The van der Waals surface area contributed by atoms with Gasteiger partial charge in [0.1, 0.15) is 23.7 Å². The van der Waals surface area contributed by atoms with Gasteiger partial charge in [-0.25, -0.2) is 9.18 Å². The van der Waals surface area contributed by atoms with Crippen molar-refractivity contribution in [2.75, 3.05) is 4.90 Å². The van der Waals surface area contributed by atoms with Crippen LogP contribution in [-0.2, 0) is 16.2 Å². The van der Waals surface area contributed by atoms with Crippen LogP contribution in [0.1, 0.15) is 21.5 Å². The Morgan fingerprint density at radius 3 is 2.60 bits per heavy atom.